The van der Waals surface area contributed by atoms with Crippen molar-refractivity contribution in [2.45, 2.75) is 32.4 Å². The molecule has 0 N–H and O–H groups in total. The van der Waals surface area contributed by atoms with Crippen LogP contribution >= 0.6 is 0 Å². The van der Waals surface area contributed by atoms with Crippen LogP contribution in [0.5, 0.6) is 5.88 Å². The first-order valence-electron chi connectivity index (χ1n) is 12.0. The van der Waals surface area contributed by atoms with Crippen molar-refractivity contribution < 1.29 is 38.0 Å². The Bertz CT molecular complexity index is 1640. The number of rotatable bonds is 3. The predicted molar refractivity (Wildman–Crippen MR) is 139 cm³/mol. The van der Waals surface area contributed by atoms with Crippen LogP contribution in [0.3, 0.4) is 0 Å². The molecule has 0 unspecified atom stereocenters. The maximum absolute atomic E-state index is 12.1. The van der Waals surface area contributed by atoms with Crippen LogP contribution in [0, 0.1) is 13.0 Å². The SMILES string of the molecule is COc1nc(C)cnc1-c1[c-]cc2c(c1)C(C)(C)c1ccccc1-2.FC(F)(F)c1n[n-]c(-c2ccccn2)n1.[Ir]. The summed E-state index contributed by atoms with van der Waals surface area (Å²) in [6, 6.07) is 21.0. The molecule has 0 fully saturated rings. The summed E-state index contributed by atoms with van der Waals surface area (Å²) in [5.74, 6) is -0.828. The summed E-state index contributed by atoms with van der Waals surface area (Å²) in [7, 11) is 1.63. The average Bonchev–Trinajstić information content (AvgIpc) is 3.52. The van der Waals surface area contributed by atoms with Gasteiger partial charge in [0.2, 0.25) is 0 Å². The molecular weight excluding hydrogens is 698 g/mol. The molecule has 207 valence electrons. The number of benzene rings is 2. The zero-order chi connectivity index (χ0) is 27.8. The molecular formula is C29H23F3IrN6O-2. The summed E-state index contributed by atoms with van der Waals surface area (Å²) in [6.45, 7) is 6.43. The maximum Gasteiger partial charge on any atom is 0.429 e. The van der Waals surface area contributed by atoms with Crippen molar-refractivity contribution in [2.24, 2.45) is 0 Å². The number of ether oxygens (including phenoxy) is 1. The van der Waals surface area contributed by atoms with Crippen LogP contribution in [-0.4, -0.2) is 32.1 Å². The van der Waals surface area contributed by atoms with Crippen LogP contribution in [0.4, 0.5) is 13.2 Å². The van der Waals surface area contributed by atoms with Crippen LogP contribution in [0.15, 0.2) is 67.0 Å². The van der Waals surface area contributed by atoms with E-state index in [9.17, 15) is 13.2 Å². The van der Waals surface area contributed by atoms with Gasteiger partial charge in [0.15, 0.2) is 5.88 Å². The molecule has 3 aromatic heterocycles. The number of hydrogen-bond donors (Lipinski definition) is 0. The standard InChI is InChI=1S/C21H19N2O.C8H4F3N4.Ir/c1-13-12-22-19(20(23-13)24-4)14-9-10-16-15-7-5-6-8-17(15)21(2,3)18(16)11-14;9-8(10,11)7-13-6(14-15-7)5-3-1-2-4-12-5;/h5-8,10-12H,1-4H3;1-4H;/q2*-1;. The van der Waals surface area contributed by atoms with Gasteiger partial charge in [-0.3, -0.25) is 15.1 Å². The van der Waals surface area contributed by atoms with E-state index in [1.807, 2.05) is 6.92 Å². The molecule has 6 rings (SSSR count). The van der Waals surface area contributed by atoms with Gasteiger partial charge in [-0.1, -0.05) is 55.3 Å². The Labute approximate surface area is 242 Å². The minimum atomic E-state index is -4.57. The summed E-state index contributed by atoms with van der Waals surface area (Å²) in [4.78, 5) is 16.0. The number of aryl methyl sites for hydroxylation is 1. The molecule has 0 bridgehead atoms. The second-order valence-electron chi connectivity index (χ2n) is 9.39. The van der Waals surface area contributed by atoms with Gasteiger partial charge in [-0.2, -0.15) is 13.2 Å². The molecule has 0 atom stereocenters. The van der Waals surface area contributed by atoms with E-state index in [-0.39, 0.29) is 37.0 Å². The Morgan fingerprint density at radius 1 is 0.950 bits per heavy atom. The van der Waals surface area contributed by atoms with Gasteiger partial charge in [-0.05, 0) is 35.9 Å². The fraction of sp³-hybridized carbons (Fsp3) is 0.207. The Balaban J connectivity index is 0.000000200. The van der Waals surface area contributed by atoms with E-state index in [4.69, 9.17) is 4.74 Å². The first-order valence-corrected chi connectivity index (χ1v) is 12.0. The Morgan fingerprint density at radius 2 is 1.70 bits per heavy atom. The quantitative estimate of drug-likeness (QED) is 0.209. The number of nitrogens with zero attached hydrogens (tertiary/aromatic N) is 6. The fourth-order valence-electron chi connectivity index (χ4n) is 4.52. The zero-order valence-electron chi connectivity index (χ0n) is 21.9. The number of hydrogen-bond acceptors (Lipinski definition) is 6. The summed E-state index contributed by atoms with van der Waals surface area (Å²) < 4.78 is 41.8. The Morgan fingerprint density at radius 3 is 2.38 bits per heavy atom. The van der Waals surface area contributed by atoms with Crippen molar-refractivity contribution in [3.05, 3.63) is 95.7 Å². The second kappa shape index (κ2) is 11.3. The zero-order valence-corrected chi connectivity index (χ0v) is 24.3. The Hall–Kier alpha value is -3.95. The number of aromatic nitrogens is 6. The van der Waals surface area contributed by atoms with E-state index in [1.54, 1.807) is 25.4 Å². The van der Waals surface area contributed by atoms with E-state index in [0.717, 1.165) is 17.0 Å². The number of methoxy groups -OCH3 is 1. The van der Waals surface area contributed by atoms with E-state index in [1.165, 1.54) is 34.5 Å². The summed E-state index contributed by atoms with van der Waals surface area (Å²) in [5, 5.41) is 6.25. The average molecular weight is 721 g/mol. The van der Waals surface area contributed by atoms with Crippen molar-refractivity contribution in [1.29, 1.82) is 0 Å². The van der Waals surface area contributed by atoms with Crippen molar-refractivity contribution in [3.8, 4) is 39.8 Å². The molecule has 5 aromatic rings. The van der Waals surface area contributed by atoms with Gasteiger partial charge in [0.1, 0.15) is 5.82 Å². The van der Waals surface area contributed by atoms with E-state index < -0.39 is 12.0 Å². The van der Waals surface area contributed by atoms with Crippen LogP contribution in [-0.2, 0) is 31.7 Å². The van der Waals surface area contributed by atoms with E-state index in [0.29, 0.717) is 5.88 Å². The molecule has 1 aliphatic rings. The number of alkyl halides is 3. The molecule has 2 aromatic carbocycles. The topological polar surface area (TPSA) is 87.8 Å². The molecule has 0 saturated carbocycles. The van der Waals surface area contributed by atoms with E-state index >= 15 is 0 Å². The number of halogens is 3. The largest absolute Gasteiger partial charge is 0.486 e. The summed E-state index contributed by atoms with van der Waals surface area (Å²) >= 11 is 0. The van der Waals surface area contributed by atoms with E-state index in [2.05, 4.69) is 86.4 Å². The summed E-state index contributed by atoms with van der Waals surface area (Å²) in [6.07, 6.45) is -1.36. The monoisotopic (exact) mass is 721 g/mol. The molecule has 11 heteroatoms. The molecule has 1 radical (unpaired) electrons. The molecule has 0 saturated heterocycles. The van der Waals surface area contributed by atoms with Crippen molar-refractivity contribution in [3.63, 3.8) is 0 Å². The van der Waals surface area contributed by atoms with Gasteiger partial charge in [-0.25, -0.2) is 4.98 Å². The van der Waals surface area contributed by atoms with Gasteiger partial charge < -0.3 is 14.8 Å². The van der Waals surface area contributed by atoms with Gasteiger partial charge >= 0.3 is 6.18 Å². The van der Waals surface area contributed by atoms with Crippen molar-refractivity contribution in [2.75, 3.05) is 7.11 Å². The maximum atomic E-state index is 12.1. The first-order chi connectivity index (χ1) is 18.6. The van der Waals surface area contributed by atoms with Crippen LogP contribution < -0.4 is 9.84 Å². The first kappa shape index (κ1) is 29.0. The summed E-state index contributed by atoms with van der Waals surface area (Å²) in [5.41, 5.74) is 7.90. The predicted octanol–water partition coefficient (Wildman–Crippen LogP) is 6.08. The van der Waals surface area contributed by atoms with Crippen molar-refractivity contribution in [1.82, 2.24) is 30.1 Å². The second-order valence-corrected chi connectivity index (χ2v) is 9.39. The van der Waals surface area contributed by atoms with Crippen LogP contribution in [0.2, 0.25) is 0 Å². The molecule has 1 aliphatic carbocycles. The van der Waals surface area contributed by atoms with Crippen molar-refractivity contribution >= 4 is 0 Å². The third-order valence-corrected chi connectivity index (χ3v) is 6.42. The third-order valence-electron chi connectivity index (χ3n) is 6.42. The Kier molecular flexibility index (Phi) is 8.18. The molecule has 0 amide bonds. The van der Waals surface area contributed by atoms with Crippen LogP contribution in [0.25, 0.3) is 33.9 Å². The molecule has 7 nitrogen and oxygen atoms in total. The normalized spacial score (nSPS) is 12.9. The van der Waals surface area contributed by atoms with Gasteiger partial charge in [-0.15, -0.1) is 29.3 Å². The smallest absolute Gasteiger partial charge is 0.429 e. The van der Waals surface area contributed by atoms with Crippen LogP contribution in [0.1, 0.15) is 36.5 Å². The number of pyridine rings is 1. The number of fused-ring (bicyclic) bond motifs is 3. The molecule has 0 aliphatic heterocycles. The molecule has 3 heterocycles. The minimum absolute atomic E-state index is 0. The van der Waals surface area contributed by atoms with Gasteiger partial charge in [0.05, 0.1) is 18.5 Å². The third kappa shape index (κ3) is 5.52. The molecule has 40 heavy (non-hydrogen) atoms. The fourth-order valence-corrected chi connectivity index (χ4v) is 4.52. The minimum Gasteiger partial charge on any atom is -0.486 e. The molecule has 0 spiro atoms. The van der Waals surface area contributed by atoms with Gasteiger partial charge in [0, 0.05) is 38.2 Å². The van der Waals surface area contributed by atoms with Gasteiger partial charge in [0.25, 0.3) is 0 Å².